The second-order valence-electron chi connectivity index (χ2n) is 5.28. The van der Waals surface area contributed by atoms with Gasteiger partial charge < -0.3 is 5.32 Å². The van der Waals surface area contributed by atoms with E-state index in [1.807, 2.05) is 29.6 Å². The Kier molecular flexibility index (Phi) is 4.97. The second kappa shape index (κ2) is 7.16. The molecule has 0 saturated heterocycles. The van der Waals surface area contributed by atoms with Crippen molar-refractivity contribution in [3.05, 3.63) is 75.9 Å². The van der Waals surface area contributed by atoms with E-state index in [0.29, 0.717) is 10.6 Å². The van der Waals surface area contributed by atoms with Crippen molar-refractivity contribution in [2.45, 2.75) is 13.3 Å². The van der Waals surface area contributed by atoms with Gasteiger partial charge in [0.1, 0.15) is 5.82 Å². The third kappa shape index (κ3) is 3.50. The van der Waals surface area contributed by atoms with Gasteiger partial charge >= 0.3 is 0 Å². The van der Waals surface area contributed by atoms with E-state index in [0.717, 1.165) is 28.1 Å². The maximum atomic E-state index is 13.0. The van der Waals surface area contributed by atoms with Gasteiger partial charge in [-0.25, -0.2) is 4.39 Å². The lowest BCUT2D eigenvalue weighted by Crippen LogP contribution is -2.12. The van der Waals surface area contributed by atoms with E-state index in [9.17, 15) is 9.18 Å². The van der Waals surface area contributed by atoms with Gasteiger partial charge in [0.15, 0.2) is 0 Å². The zero-order chi connectivity index (χ0) is 17.1. The van der Waals surface area contributed by atoms with Crippen molar-refractivity contribution in [1.82, 2.24) is 0 Å². The van der Waals surface area contributed by atoms with E-state index in [1.165, 1.54) is 35.6 Å². The maximum Gasteiger partial charge on any atom is 0.256 e. The summed E-state index contributed by atoms with van der Waals surface area (Å²) in [6.07, 6.45) is 0.792. The zero-order valence-corrected chi connectivity index (χ0v) is 14.5. The molecule has 0 atom stereocenters. The van der Waals surface area contributed by atoms with Crippen molar-refractivity contribution >= 4 is 33.8 Å². The van der Waals surface area contributed by atoms with Crippen molar-refractivity contribution in [3.63, 3.8) is 0 Å². The number of nitrogens with one attached hydrogen (secondary N) is 1. The summed E-state index contributed by atoms with van der Waals surface area (Å²) in [4.78, 5) is 12.3. The summed E-state index contributed by atoms with van der Waals surface area (Å²) in [5, 5.41) is 6.47. The highest BCUT2D eigenvalue weighted by Gasteiger charge is 2.15. The average molecular weight is 360 g/mol. The summed E-state index contributed by atoms with van der Waals surface area (Å²) in [6, 6.07) is 13.2. The number of carbonyl (C=O) groups excluding carboxylic acids is 1. The molecule has 0 aliphatic heterocycles. The van der Waals surface area contributed by atoms with Crippen LogP contribution < -0.4 is 5.32 Å². The van der Waals surface area contributed by atoms with Crippen LogP contribution in [0, 0.1) is 5.82 Å². The molecule has 0 saturated carbocycles. The fourth-order valence-electron chi connectivity index (χ4n) is 2.49. The summed E-state index contributed by atoms with van der Waals surface area (Å²) in [6.45, 7) is 2.05. The summed E-state index contributed by atoms with van der Waals surface area (Å²) < 4.78 is 13.0. The minimum atomic E-state index is -0.359. The van der Waals surface area contributed by atoms with Crippen LogP contribution in [-0.2, 0) is 6.42 Å². The number of thiophene rings is 1. The summed E-state index contributed by atoms with van der Waals surface area (Å²) in [5.74, 6) is -0.601. The molecular weight excluding hydrogens is 345 g/mol. The van der Waals surface area contributed by atoms with E-state index in [1.54, 1.807) is 0 Å². The largest absolute Gasteiger partial charge is 0.313 e. The van der Waals surface area contributed by atoms with Gasteiger partial charge in [0.25, 0.3) is 5.91 Å². The topological polar surface area (TPSA) is 29.1 Å². The summed E-state index contributed by atoms with van der Waals surface area (Å²) in [7, 11) is 0. The molecule has 5 heteroatoms. The molecule has 3 aromatic rings. The lowest BCUT2D eigenvalue weighted by atomic mass is 10.0. The van der Waals surface area contributed by atoms with E-state index in [2.05, 4.69) is 12.2 Å². The van der Waals surface area contributed by atoms with Gasteiger partial charge in [-0.2, -0.15) is 0 Å². The highest BCUT2D eigenvalue weighted by molar-refractivity contribution is 7.15. The molecule has 2 aromatic carbocycles. The van der Waals surface area contributed by atoms with Crippen LogP contribution in [-0.4, -0.2) is 5.91 Å². The van der Waals surface area contributed by atoms with Gasteiger partial charge in [-0.05, 0) is 59.5 Å². The fourth-order valence-corrected chi connectivity index (χ4v) is 3.67. The Balaban J connectivity index is 1.88. The minimum Gasteiger partial charge on any atom is -0.313 e. The quantitative estimate of drug-likeness (QED) is 0.606. The summed E-state index contributed by atoms with van der Waals surface area (Å²) in [5.41, 5.74) is 3.67. The van der Waals surface area contributed by atoms with Crippen LogP contribution in [0.25, 0.3) is 11.1 Å². The van der Waals surface area contributed by atoms with Crippen LogP contribution in [0.5, 0.6) is 0 Å². The van der Waals surface area contributed by atoms with Crippen molar-refractivity contribution < 1.29 is 9.18 Å². The number of halogens is 2. The van der Waals surface area contributed by atoms with Crippen LogP contribution in [0.4, 0.5) is 9.39 Å². The molecule has 3 rings (SSSR count). The number of anilines is 1. The Morgan fingerprint density at radius 3 is 2.42 bits per heavy atom. The van der Waals surface area contributed by atoms with Gasteiger partial charge in [0, 0.05) is 16.0 Å². The van der Waals surface area contributed by atoms with Crippen molar-refractivity contribution in [1.29, 1.82) is 0 Å². The second-order valence-corrected chi connectivity index (χ2v) is 6.59. The Hall–Kier alpha value is -2.17. The van der Waals surface area contributed by atoms with E-state index >= 15 is 0 Å². The molecule has 122 valence electrons. The molecule has 2 nitrogen and oxygen atoms in total. The average Bonchev–Trinajstić information content (AvgIpc) is 2.98. The number of benzene rings is 2. The smallest absolute Gasteiger partial charge is 0.256 e. The monoisotopic (exact) mass is 359 g/mol. The molecule has 1 amide bonds. The molecule has 1 N–H and O–H groups in total. The predicted octanol–water partition coefficient (Wildman–Crippen LogP) is 6.02. The normalized spacial score (nSPS) is 10.6. The van der Waals surface area contributed by atoms with Crippen LogP contribution >= 0.6 is 22.9 Å². The predicted molar refractivity (Wildman–Crippen MR) is 98.5 cm³/mol. The number of hydrogen-bond acceptors (Lipinski definition) is 2. The SMILES string of the molecule is CCc1c(-c2ccc(Cl)cc2)csc1NC(=O)c1ccc(F)cc1. The molecule has 0 bridgehead atoms. The van der Waals surface area contributed by atoms with Gasteiger partial charge in [-0.15, -0.1) is 11.3 Å². The zero-order valence-electron chi connectivity index (χ0n) is 13.0. The maximum absolute atomic E-state index is 13.0. The van der Waals surface area contributed by atoms with Gasteiger partial charge in [0.05, 0.1) is 5.00 Å². The van der Waals surface area contributed by atoms with Gasteiger partial charge in [-0.1, -0.05) is 30.7 Å². The molecule has 0 spiro atoms. The highest BCUT2D eigenvalue weighted by Crippen LogP contribution is 2.36. The standard InChI is InChI=1S/C19H15ClFNOS/c1-2-16-17(12-3-7-14(20)8-4-12)11-24-19(16)22-18(23)13-5-9-15(21)10-6-13/h3-11H,2H2,1H3,(H,22,23). The first kappa shape index (κ1) is 16.7. The van der Waals surface area contributed by atoms with Crippen molar-refractivity contribution in [3.8, 4) is 11.1 Å². The molecule has 0 unspecified atom stereocenters. The third-order valence-corrected chi connectivity index (χ3v) is 4.93. The third-order valence-electron chi connectivity index (χ3n) is 3.74. The summed E-state index contributed by atoms with van der Waals surface area (Å²) >= 11 is 7.43. The van der Waals surface area contributed by atoms with E-state index in [-0.39, 0.29) is 11.7 Å². The number of rotatable bonds is 4. The molecule has 0 aliphatic rings. The first-order valence-corrected chi connectivity index (χ1v) is 8.77. The molecule has 0 fully saturated rings. The minimum absolute atomic E-state index is 0.241. The van der Waals surface area contributed by atoms with Crippen LogP contribution in [0.2, 0.25) is 5.02 Å². The lowest BCUT2D eigenvalue weighted by Gasteiger charge is -2.08. The molecule has 1 aromatic heterocycles. The fraction of sp³-hybridized carbons (Fsp3) is 0.105. The molecule has 24 heavy (non-hydrogen) atoms. The van der Waals surface area contributed by atoms with E-state index in [4.69, 9.17) is 11.6 Å². The highest BCUT2D eigenvalue weighted by atomic mass is 35.5. The Morgan fingerprint density at radius 1 is 1.12 bits per heavy atom. The molecule has 0 radical (unpaired) electrons. The molecular formula is C19H15ClFNOS. The van der Waals surface area contributed by atoms with Crippen LogP contribution in [0.15, 0.2) is 53.9 Å². The van der Waals surface area contributed by atoms with Gasteiger partial charge in [-0.3, -0.25) is 4.79 Å². The first-order chi connectivity index (χ1) is 11.6. The molecule has 0 aliphatic carbocycles. The van der Waals surface area contributed by atoms with Crippen LogP contribution in [0.1, 0.15) is 22.8 Å². The lowest BCUT2D eigenvalue weighted by molar-refractivity contribution is 0.102. The van der Waals surface area contributed by atoms with Crippen molar-refractivity contribution in [2.75, 3.05) is 5.32 Å². The Labute approximate surface area is 148 Å². The first-order valence-electron chi connectivity index (χ1n) is 7.51. The number of amides is 1. The number of hydrogen-bond donors (Lipinski definition) is 1. The Bertz CT molecular complexity index is 856. The Morgan fingerprint density at radius 2 is 1.79 bits per heavy atom. The van der Waals surface area contributed by atoms with Crippen molar-refractivity contribution in [2.24, 2.45) is 0 Å². The molecule has 1 heterocycles. The van der Waals surface area contributed by atoms with Gasteiger partial charge in [0.2, 0.25) is 0 Å². The van der Waals surface area contributed by atoms with Crippen LogP contribution in [0.3, 0.4) is 0 Å². The van der Waals surface area contributed by atoms with E-state index < -0.39 is 0 Å². The number of carbonyl (C=O) groups is 1.